The van der Waals surface area contributed by atoms with E-state index in [1.807, 2.05) is 4.57 Å². The minimum atomic E-state index is -0.0392. The molecule has 1 heterocycles. The number of fused-ring (bicyclic) bond motifs is 1. The van der Waals surface area contributed by atoms with Crippen LogP contribution in [0.4, 0.5) is 0 Å². The molecule has 0 amide bonds. The molecule has 0 aliphatic heterocycles. The fraction of sp³-hybridized carbons (Fsp3) is 0.429. The van der Waals surface area contributed by atoms with Crippen LogP contribution in [0.3, 0.4) is 0 Å². The Balaban J connectivity index is 2.60. The summed E-state index contributed by atoms with van der Waals surface area (Å²) in [6, 6.07) is 6.27. The molecule has 2 aromatic rings. The molecule has 0 saturated heterocycles. The summed E-state index contributed by atoms with van der Waals surface area (Å²) in [4.78, 5) is 0. The lowest BCUT2D eigenvalue weighted by Gasteiger charge is -2.06. The fourth-order valence-corrected chi connectivity index (χ4v) is 2.55. The van der Waals surface area contributed by atoms with Crippen molar-refractivity contribution in [1.29, 1.82) is 0 Å². The Morgan fingerprint density at radius 2 is 2.17 bits per heavy atom. The van der Waals surface area contributed by atoms with Crippen molar-refractivity contribution in [3.05, 3.63) is 34.5 Å². The molecule has 0 unspecified atom stereocenters. The molecule has 0 saturated carbocycles. The molecule has 0 radical (unpaired) electrons. The quantitative estimate of drug-likeness (QED) is 0.904. The number of aromatic nitrogens is 1. The molecule has 0 atom stereocenters. The second-order valence-electron chi connectivity index (χ2n) is 4.28. The summed E-state index contributed by atoms with van der Waals surface area (Å²) >= 11 is 6.33. The molecule has 98 valence electrons. The lowest BCUT2D eigenvalue weighted by Crippen LogP contribution is -2.04. The third kappa shape index (κ3) is 2.26. The van der Waals surface area contributed by atoms with Crippen LogP contribution in [0.25, 0.3) is 10.9 Å². The molecule has 0 spiro atoms. The smallest absolute Gasteiger partial charge is 0.115 e. The maximum absolute atomic E-state index is 9.49. The van der Waals surface area contributed by atoms with Crippen LogP contribution < -0.4 is 0 Å². The molecule has 4 heteroatoms. The van der Waals surface area contributed by atoms with Gasteiger partial charge in [-0.2, -0.15) is 0 Å². The molecule has 0 fully saturated rings. The number of ether oxygens (including phenoxy) is 1. The third-order valence-electron chi connectivity index (χ3n) is 3.25. The maximum Gasteiger partial charge on any atom is 0.115 e. The molecular formula is C14H18ClNO2. The van der Waals surface area contributed by atoms with E-state index in [2.05, 4.69) is 25.1 Å². The lowest BCUT2D eigenvalue weighted by molar-refractivity contribution is 0.188. The van der Waals surface area contributed by atoms with E-state index in [9.17, 15) is 5.11 Å². The van der Waals surface area contributed by atoms with Crippen molar-refractivity contribution < 1.29 is 9.84 Å². The zero-order valence-electron chi connectivity index (χ0n) is 10.7. The summed E-state index contributed by atoms with van der Waals surface area (Å²) in [6.45, 7) is 3.37. The minimum Gasteiger partial charge on any atom is -0.392 e. The van der Waals surface area contributed by atoms with Gasteiger partial charge in [0.1, 0.15) is 5.15 Å². The first-order valence-corrected chi connectivity index (χ1v) is 6.50. The number of nitrogens with zero attached hydrogens (tertiary/aromatic N) is 1. The molecule has 3 nitrogen and oxygen atoms in total. The average Bonchev–Trinajstić information content (AvgIpc) is 2.66. The number of halogens is 1. The van der Waals surface area contributed by atoms with Crippen LogP contribution in [-0.4, -0.2) is 23.4 Å². The van der Waals surface area contributed by atoms with Gasteiger partial charge in [0.15, 0.2) is 0 Å². The molecule has 18 heavy (non-hydrogen) atoms. The Morgan fingerprint density at radius 1 is 1.39 bits per heavy atom. The molecule has 2 rings (SSSR count). The van der Waals surface area contributed by atoms with Crippen molar-refractivity contribution in [2.45, 2.75) is 26.5 Å². The molecule has 0 bridgehead atoms. The van der Waals surface area contributed by atoms with Gasteiger partial charge in [-0.05, 0) is 24.1 Å². The number of aliphatic hydroxyl groups is 1. The Hall–Kier alpha value is -1.03. The highest BCUT2D eigenvalue weighted by atomic mass is 35.5. The van der Waals surface area contributed by atoms with Gasteiger partial charge >= 0.3 is 0 Å². The van der Waals surface area contributed by atoms with Gasteiger partial charge in [0.25, 0.3) is 0 Å². The molecule has 0 aliphatic carbocycles. The number of aliphatic hydroxyl groups excluding tert-OH is 1. The van der Waals surface area contributed by atoms with E-state index in [1.54, 1.807) is 7.11 Å². The van der Waals surface area contributed by atoms with Gasteiger partial charge in [-0.3, -0.25) is 0 Å². The SMILES string of the molecule is CCc1ccc2c(c1)c(CO)c(Cl)n2CCOC. The predicted octanol–water partition coefficient (Wildman–Crippen LogP) is 3.00. The zero-order chi connectivity index (χ0) is 13.1. The molecule has 1 aromatic heterocycles. The monoisotopic (exact) mass is 267 g/mol. The van der Waals surface area contributed by atoms with Gasteiger partial charge in [-0.25, -0.2) is 0 Å². The summed E-state index contributed by atoms with van der Waals surface area (Å²) in [6.07, 6.45) is 0.974. The average molecular weight is 268 g/mol. The van der Waals surface area contributed by atoms with E-state index in [0.29, 0.717) is 18.3 Å². The molecular weight excluding hydrogens is 250 g/mol. The highest BCUT2D eigenvalue weighted by molar-refractivity contribution is 6.32. The normalized spacial score (nSPS) is 11.3. The largest absolute Gasteiger partial charge is 0.392 e. The topological polar surface area (TPSA) is 34.4 Å². The van der Waals surface area contributed by atoms with E-state index in [1.165, 1.54) is 5.56 Å². The van der Waals surface area contributed by atoms with Crippen molar-refractivity contribution in [2.24, 2.45) is 0 Å². The summed E-state index contributed by atoms with van der Waals surface area (Å²) in [5, 5.41) is 11.1. The van der Waals surface area contributed by atoms with E-state index >= 15 is 0 Å². The third-order valence-corrected chi connectivity index (χ3v) is 3.68. The zero-order valence-corrected chi connectivity index (χ0v) is 11.5. The van der Waals surface area contributed by atoms with Crippen molar-refractivity contribution in [3.63, 3.8) is 0 Å². The number of methoxy groups -OCH3 is 1. The number of rotatable bonds is 5. The standard InChI is InChI=1S/C14H18ClNO2/c1-3-10-4-5-13-11(8-10)12(9-17)14(15)16(13)6-7-18-2/h4-5,8,17H,3,6-7,9H2,1-2H3. The second kappa shape index (κ2) is 5.74. The first-order valence-electron chi connectivity index (χ1n) is 6.12. The van der Waals surface area contributed by atoms with Crippen molar-refractivity contribution in [3.8, 4) is 0 Å². The Kier molecular flexibility index (Phi) is 4.27. The van der Waals surface area contributed by atoms with Crippen molar-refractivity contribution >= 4 is 22.5 Å². The van der Waals surface area contributed by atoms with Crippen LogP contribution in [0, 0.1) is 0 Å². The highest BCUT2D eigenvalue weighted by Gasteiger charge is 2.14. The Labute approximate surface area is 112 Å². The van der Waals surface area contributed by atoms with E-state index in [-0.39, 0.29) is 6.61 Å². The van der Waals surface area contributed by atoms with E-state index in [0.717, 1.165) is 22.9 Å². The van der Waals surface area contributed by atoms with Crippen LogP contribution in [0.15, 0.2) is 18.2 Å². The van der Waals surface area contributed by atoms with E-state index in [4.69, 9.17) is 16.3 Å². The van der Waals surface area contributed by atoms with Crippen molar-refractivity contribution in [1.82, 2.24) is 4.57 Å². The number of hydrogen-bond donors (Lipinski definition) is 1. The van der Waals surface area contributed by atoms with Gasteiger partial charge in [-0.1, -0.05) is 24.6 Å². The summed E-state index contributed by atoms with van der Waals surface area (Å²) < 4.78 is 7.09. The van der Waals surface area contributed by atoms with Crippen LogP contribution >= 0.6 is 11.6 Å². The molecule has 1 aromatic carbocycles. The van der Waals surface area contributed by atoms with Gasteiger partial charge in [0.2, 0.25) is 0 Å². The highest BCUT2D eigenvalue weighted by Crippen LogP contribution is 2.31. The summed E-state index contributed by atoms with van der Waals surface area (Å²) in [7, 11) is 1.67. The van der Waals surface area contributed by atoms with Crippen LogP contribution in [0.5, 0.6) is 0 Å². The first kappa shape index (κ1) is 13.4. The first-order chi connectivity index (χ1) is 8.72. The minimum absolute atomic E-state index is 0.0392. The van der Waals surface area contributed by atoms with Crippen LogP contribution in [0.1, 0.15) is 18.1 Å². The lowest BCUT2D eigenvalue weighted by atomic mass is 10.1. The molecule has 0 aliphatic rings. The number of aryl methyl sites for hydroxylation is 1. The Morgan fingerprint density at radius 3 is 2.78 bits per heavy atom. The van der Waals surface area contributed by atoms with E-state index < -0.39 is 0 Å². The fourth-order valence-electron chi connectivity index (χ4n) is 2.21. The Bertz CT molecular complexity index is 548. The van der Waals surface area contributed by atoms with Gasteiger partial charge in [0, 0.05) is 30.1 Å². The second-order valence-corrected chi connectivity index (χ2v) is 4.63. The van der Waals surface area contributed by atoms with Crippen molar-refractivity contribution in [2.75, 3.05) is 13.7 Å². The van der Waals surface area contributed by atoms with Gasteiger partial charge < -0.3 is 14.4 Å². The number of benzene rings is 1. The van der Waals surface area contributed by atoms with Gasteiger partial charge in [0.05, 0.1) is 13.2 Å². The molecule has 1 N–H and O–H groups in total. The number of hydrogen-bond acceptors (Lipinski definition) is 2. The van der Waals surface area contributed by atoms with Crippen LogP contribution in [0.2, 0.25) is 5.15 Å². The summed E-state index contributed by atoms with van der Waals surface area (Å²) in [5.74, 6) is 0. The van der Waals surface area contributed by atoms with Gasteiger partial charge in [-0.15, -0.1) is 0 Å². The maximum atomic E-state index is 9.49. The summed E-state index contributed by atoms with van der Waals surface area (Å²) in [5.41, 5.74) is 3.11. The van der Waals surface area contributed by atoms with Crippen LogP contribution in [-0.2, 0) is 24.3 Å². The predicted molar refractivity (Wildman–Crippen MR) is 74.1 cm³/mol.